The van der Waals surface area contributed by atoms with E-state index in [4.69, 9.17) is 0 Å². The molecule has 9 nitrogen and oxygen atoms in total. The summed E-state index contributed by atoms with van der Waals surface area (Å²) in [4.78, 5) is 56.2. The standard InChI is InChI=1S/3C3H4O3.Mg.Na/c3*1-2(4)3(5)6;;/h3*1H3,(H,5,6);;/q;;;+2;+1/p-3. The molecular formula is C9H9MgNaO9. The Labute approximate surface area is 152 Å². The van der Waals surface area contributed by atoms with Crippen LogP contribution in [0.2, 0.25) is 0 Å². The molecule has 0 aliphatic carbocycles. The van der Waals surface area contributed by atoms with Crippen LogP contribution in [-0.2, 0) is 28.8 Å². The molecule has 102 valence electrons. The Morgan fingerprint density at radius 3 is 0.600 bits per heavy atom. The van der Waals surface area contributed by atoms with Gasteiger partial charge in [0.05, 0.1) is 0 Å². The number of carboxylic acid groups (broad SMARTS) is 3. The zero-order valence-electron chi connectivity index (χ0n) is 11.4. The molecule has 0 atom stereocenters. The maximum Gasteiger partial charge on any atom is 2.00 e. The quantitative estimate of drug-likeness (QED) is 0.362. The van der Waals surface area contributed by atoms with Gasteiger partial charge in [0.1, 0.15) is 17.9 Å². The predicted molar refractivity (Wildman–Crippen MR) is 52.8 cm³/mol. The van der Waals surface area contributed by atoms with E-state index in [2.05, 4.69) is 0 Å². The molecule has 0 aromatic rings. The molecule has 0 saturated carbocycles. The largest absolute Gasteiger partial charge is 2.00 e. The second-order valence-corrected chi connectivity index (χ2v) is 2.53. The first-order valence-corrected chi connectivity index (χ1v) is 4.09. The van der Waals surface area contributed by atoms with Crippen LogP contribution in [0.4, 0.5) is 0 Å². The van der Waals surface area contributed by atoms with Gasteiger partial charge in [-0.25, -0.2) is 0 Å². The molecule has 0 heterocycles. The van der Waals surface area contributed by atoms with E-state index in [-0.39, 0.29) is 52.6 Å². The fourth-order valence-electron chi connectivity index (χ4n) is 0. The molecule has 0 bridgehead atoms. The van der Waals surface area contributed by atoms with E-state index in [1.165, 1.54) is 0 Å². The van der Waals surface area contributed by atoms with Crippen LogP contribution in [0.3, 0.4) is 0 Å². The summed E-state index contributed by atoms with van der Waals surface area (Å²) < 4.78 is 0. The van der Waals surface area contributed by atoms with Gasteiger partial charge in [-0.05, 0) is 0 Å². The maximum absolute atomic E-state index is 9.48. The second kappa shape index (κ2) is 18.2. The monoisotopic (exact) mass is 308 g/mol. The number of hydrogen-bond donors (Lipinski definition) is 0. The number of Topliss-reactive ketones (excluding diaryl/α,β-unsaturated/α-hetero) is 3. The van der Waals surface area contributed by atoms with Crippen molar-refractivity contribution in [2.45, 2.75) is 20.8 Å². The van der Waals surface area contributed by atoms with Crippen molar-refractivity contribution < 1.29 is 73.6 Å². The molecule has 0 fully saturated rings. The number of ketones is 3. The van der Waals surface area contributed by atoms with Gasteiger partial charge in [0, 0.05) is 20.8 Å². The molecular weight excluding hydrogens is 299 g/mol. The van der Waals surface area contributed by atoms with Crippen molar-refractivity contribution in [1.82, 2.24) is 0 Å². The van der Waals surface area contributed by atoms with Crippen LogP contribution in [0.5, 0.6) is 0 Å². The zero-order valence-corrected chi connectivity index (χ0v) is 14.8. The molecule has 0 aromatic heterocycles. The fraction of sp³-hybridized carbons (Fsp3) is 0.333. The average molecular weight is 308 g/mol. The Morgan fingerprint density at radius 1 is 0.550 bits per heavy atom. The zero-order chi connectivity index (χ0) is 15.5. The summed E-state index contributed by atoms with van der Waals surface area (Å²) in [6, 6.07) is 0. The number of carboxylic acids is 3. The van der Waals surface area contributed by atoms with Crippen molar-refractivity contribution in [3.8, 4) is 0 Å². The Hall–Kier alpha value is -0.814. The van der Waals surface area contributed by atoms with Crippen molar-refractivity contribution in [2.24, 2.45) is 0 Å². The van der Waals surface area contributed by atoms with Crippen molar-refractivity contribution in [1.29, 1.82) is 0 Å². The maximum atomic E-state index is 9.48. The first-order valence-electron chi connectivity index (χ1n) is 4.09. The van der Waals surface area contributed by atoms with E-state index in [1.54, 1.807) is 0 Å². The Kier molecular flexibility index (Phi) is 28.7. The smallest absolute Gasteiger partial charge is 0.542 e. The molecule has 20 heavy (non-hydrogen) atoms. The molecule has 0 amide bonds. The summed E-state index contributed by atoms with van der Waals surface area (Å²) in [5.41, 5.74) is 0. The van der Waals surface area contributed by atoms with Crippen molar-refractivity contribution in [3.63, 3.8) is 0 Å². The molecule has 11 heteroatoms. The van der Waals surface area contributed by atoms with Gasteiger partial charge in [0.2, 0.25) is 0 Å². The van der Waals surface area contributed by atoms with Crippen LogP contribution in [-0.4, -0.2) is 58.3 Å². The molecule has 0 N–H and O–H groups in total. The number of aliphatic carboxylic acids is 3. The van der Waals surface area contributed by atoms with Gasteiger partial charge in [-0.15, -0.1) is 0 Å². The third-order valence-corrected chi connectivity index (χ3v) is 0.862. The van der Waals surface area contributed by atoms with Gasteiger partial charge in [-0.1, -0.05) is 0 Å². The minimum atomic E-state index is -1.63. The number of carbonyl (C=O) groups excluding carboxylic acids is 6. The van der Waals surface area contributed by atoms with Gasteiger partial charge >= 0.3 is 52.6 Å². The fourth-order valence-corrected chi connectivity index (χ4v) is 0. The number of hydrogen-bond acceptors (Lipinski definition) is 9. The van der Waals surface area contributed by atoms with Gasteiger partial charge in [0.25, 0.3) is 0 Å². The van der Waals surface area contributed by atoms with Crippen molar-refractivity contribution >= 4 is 58.3 Å². The van der Waals surface area contributed by atoms with E-state index in [1.807, 2.05) is 0 Å². The van der Waals surface area contributed by atoms with Crippen molar-refractivity contribution in [2.75, 3.05) is 0 Å². The van der Waals surface area contributed by atoms with E-state index in [9.17, 15) is 44.1 Å². The van der Waals surface area contributed by atoms with Gasteiger partial charge < -0.3 is 29.7 Å². The Balaban J connectivity index is -0.0000000536. The van der Waals surface area contributed by atoms with Crippen LogP contribution in [0.25, 0.3) is 0 Å². The summed E-state index contributed by atoms with van der Waals surface area (Å²) in [5, 5.41) is 27.7. The molecule has 0 radical (unpaired) electrons. The van der Waals surface area contributed by atoms with Crippen LogP contribution in [0, 0.1) is 0 Å². The Morgan fingerprint density at radius 2 is 0.600 bits per heavy atom. The molecule has 0 aromatic carbocycles. The SMILES string of the molecule is CC(=O)C(=O)[O-].CC(=O)C(=O)[O-].CC(=O)C(=O)[O-].[Mg+2].[Na+]. The first-order chi connectivity index (χ1) is 7.93. The van der Waals surface area contributed by atoms with E-state index < -0.39 is 35.3 Å². The summed E-state index contributed by atoms with van der Waals surface area (Å²) >= 11 is 0. The summed E-state index contributed by atoms with van der Waals surface area (Å²) in [6.07, 6.45) is 0. The summed E-state index contributed by atoms with van der Waals surface area (Å²) in [7, 11) is 0. The number of rotatable bonds is 3. The van der Waals surface area contributed by atoms with Crippen LogP contribution >= 0.6 is 0 Å². The van der Waals surface area contributed by atoms with Crippen LogP contribution in [0.15, 0.2) is 0 Å². The summed E-state index contributed by atoms with van der Waals surface area (Å²) in [6.45, 7) is 2.82. The van der Waals surface area contributed by atoms with E-state index in [0.29, 0.717) is 0 Å². The van der Waals surface area contributed by atoms with E-state index in [0.717, 1.165) is 20.8 Å². The Bertz CT molecular complexity index is 285. The van der Waals surface area contributed by atoms with Crippen molar-refractivity contribution in [3.05, 3.63) is 0 Å². The third kappa shape index (κ3) is 36.0. The second-order valence-electron chi connectivity index (χ2n) is 2.53. The van der Waals surface area contributed by atoms with Crippen LogP contribution < -0.4 is 44.9 Å². The minimum absolute atomic E-state index is 0. The topological polar surface area (TPSA) is 172 Å². The molecule has 0 aliphatic heterocycles. The van der Waals surface area contributed by atoms with Gasteiger partial charge in [-0.3, -0.25) is 14.4 Å². The summed E-state index contributed by atoms with van der Waals surface area (Å²) in [5.74, 6) is -7.69. The predicted octanol–water partition coefficient (Wildman–Crippen LogP) is -8.40. The molecule has 0 spiro atoms. The number of carbonyl (C=O) groups is 6. The van der Waals surface area contributed by atoms with Gasteiger partial charge in [-0.2, -0.15) is 0 Å². The molecule has 0 unspecified atom stereocenters. The van der Waals surface area contributed by atoms with Gasteiger partial charge in [0.15, 0.2) is 17.3 Å². The molecule has 0 aliphatic rings. The molecule has 0 rings (SSSR count). The first kappa shape index (κ1) is 31.5. The third-order valence-electron chi connectivity index (χ3n) is 0.862. The average Bonchev–Trinajstić information content (AvgIpc) is 2.18. The minimum Gasteiger partial charge on any atom is -0.542 e. The molecule has 0 saturated heterocycles. The normalized spacial score (nSPS) is 6.75. The van der Waals surface area contributed by atoms with Crippen LogP contribution in [0.1, 0.15) is 20.8 Å². The van der Waals surface area contributed by atoms with E-state index >= 15 is 0 Å².